The standard InChI is InChI=1S/C28H33ClN4O4/c1-17-24(8-2-18(16-30)26(17)29)36-21-5-3-19(4-6-21)31-27(35)23-7-9-25(33-32-23)37-22-14-28(15-22)12-10-20(34)11-13-28/h2,7-9,19-22,34H,3-6,10-15H2,1H3,(H,31,35). The predicted molar refractivity (Wildman–Crippen MR) is 138 cm³/mol. The zero-order valence-corrected chi connectivity index (χ0v) is 21.8. The molecule has 5 rings (SSSR count). The number of hydrogen-bond acceptors (Lipinski definition) is 7. The number of nitrogens with zero attached hydrogens (tertiary/aromatic N) is 3. The Labute approximate surface area is 222 Å². The minimum absolute atomic E-state index is 0.0383. The van der Waals surface area contributed by atoms with Gasteiger partial charge in [0, 0.05) is 17.7 Å². The van der Waals surface area contributed by atoms with Gasteiger partial charge in [-0.15, -0.1) is 10.2 Å². The van der Waals surface area contributed by atoms with E-state index < -0.39 is 0 Å². The molecule has 1 aromatic heterocycles. The van der Waals surface area contributed by atoms with Gasteiger partial charge in [0.2, 0.25) is 5.88 Å². The van der Waals surface area contributed by atoms with Gasteiger partial charge in [-0.3, -0.25) is 4.79 Å². The van der Waals surface area contributed by atoms with Crippen LogP contribution in [0, 0.1) is 23.7 Å². The number of halogens is 1. The van der Waals surface area contributed by atoms with Gasteiger partial charge in [-0.1, -0.05) is 11.6 Å². The van der Waals surface area contributed by atoms with Crippen molar-refractivity contribution in [3.05, 3.63) is 46.1 Å². The Hall–Kier alpha value is -2.89. The SMILES string of the molecule is Cc1c(OC2CCC(NC(=O)c3ccc(OC4CC5(CCC(O)CC5)C4)nn3)CC2)ccc(C#N)c1Cl. The summed E-state index contributed by atoms with van der Waals surface area (Å²) in [7, 11) is 0. The fraction of sp³-hybridized carbons (Fsp3) is 0.571. The van der Waals surface area contributed by atoms with Crippen LogP contribution >= 0.6 is 11.6 Å². The lowest BCUT2D eigenvalue weighted by molar-refractivity contribution is -0.0632. The highest BCUT2D eigenvalue weighted by Gasteiger charge is 2.47. The fourth-order valence-electron chi connectivity index (χ4n) is 5.93. The first-order valence-corrected chi connectivity index (χ1v) is 13.6. The van der Waals surface area contributed by atoms with E-state index in [2.05, 4.69) is 21.6 Å². The first kappa shape index (κ1) is 25.7. The van der Waals surface area contributed by atoms with Crippen molar-refractivity contribution in [1.29, 1.82) is 5.26 Å². The molecule has 1 spiro atoms. The van der Waals surface area contributed by atoms with Crippen LogP contribution in [0.5, 0.6) is 11.6 Å². The van der Waals surface area contributed by atoms with Gasteiger partial charge in [-0.2, -0.15) is 5.26 Å². The molecule has 8 nitrogen and oxygen atoms in total. The fourth-order valence-corrected chi connectivity index (χ4v) is 6.13. The van der Waals surface area contributed by atoms with Crippen molar-refractivity contribution in [3.8, 4) is 17.7 Å². The Morgan fingerprint density at radius 1 is 1.05 bits per heavy atom. The lowest BCUT2D eigenvalue weighted by atomic mass is 9.59. The number of benzene rings is 1. The van der Waals surface area contributed by atoms with Crippen molar-refractivity contribution in [2.75, 3.05) is 0 Å². The number of hydrogen-bond donors (Lipinski definition) is 2. The van der Waals surface area contributed by atoms with E-state index in [-0.39, 0.29) is 36.0 Å². The number of amides is 1. The van der Waals surface area contributed by atoms with E-state index in [0.717, 1.165) is 69.8 Å². The molecular formula is C28H33ClN4O4. The maximum Gasteiger partial charge on any atom is 0.272 e. The summed E-state index contributed by atoms with van der Waals surface area (Å²) in [6, 6.07) is 8.99. The molecule has 2 N–H and O–H groups in total. The smallest absolute Gasteiger partial charge is 0.272 e. The Bertz CT molecular complexity index is 1160. The first-order valence-electron chi connectivity index (χ1n) is 13.2. The van der Waals surface area contributed by atoms with Crippen molar-refractivity contribution in [3.63, 3.8) is 0 Å². The average molecular weight is 525 g/mol. The number of ether oxygens (including phenoxy) is 2. The van der Waals surface area contributed by atoms with Gasteiger partial charge in [-0.05, 0) is 94.7 Å². The van der Waals surface area contributed by atoms with Gasteiger partial charge in [0.1, 0.15) is 17.9 Å². The third-order valence-electron chi connectivity index (χ3n) is 8.26. The number of aromatic nitrogens is 2. The molecule has 3 fully saturated rings. The molecule has 0 radical (unpaired) electrons. The molecule has 37 heavy (non-hydrogen) atoms. The maximum absolute atomic E-state index is 12.7. The highest BCUT2D eigenvalue weighted by atomic mass is 35.5. The summed E-state index contributed by atoms with van der Waals surface area (Å²) >= 11 is 6.26. The van der Waals surface area contributed by atoms with Gasteiger partial charge in [0.05, 0.1) is 22.8 Å². The van der Waals surface area contributed by atoms with Crippen LogP contribution in [0.2, 0.25) is 5.02 Å². The summed E-state index contributed by atoms with van der Waals surface area (Å²) < 4.78 is 12.1. The molecule has 2 aromatic rings. The number of nitriles is 1. The van der Waals surface area contributed by atoms with Crippen LogP contribution in [0.1, 0.15) is 85.8 Å². The Balaban J connectivity index is 1.06. The van der Waals surface area contributed by atoms with Crippen LogP contribution in [0.25, 0.3) is 0 Å². The lowest BCUT2D eigenvalue weighted by Crippen LogP contribution is -2.46. The molecule has 196 valence electrons. The highest BCUT2D eigenvalue weighted by Crippen LogP contribution is 2.52. The van der Waals surface area contributed by atoms with Crippen molar-refractivity contribution >= 4 is 17.5 Å². The summed E-state index contributed by atoms with van der Waals surface area (Å²) in [5, 5.41) is 30.6. The van der Waals surface area contributed by atoms with Crippen molar-refractivity contribution in [1.82, 2.24) is 15.5 Å². The second kappa shape index (κ2) is 10.8. The number of nitrogens with one attached hydrogen (secondary N) is 1. The van der Waals surface area contributed by atoms with E-state index in [1.807, 2.05) is 6.92 Å². The molecule has 3 saturated carbocycles. The van der Waals surface area contributed by atoms with Crippen LogP contribution in [0.4, 0.5) is 0 Å². The molecule has 0 bridgehead atoms. The molecular weight excluding hydrogens is 492 g/mol. The third kappa shape index (κ3) is 5.83. The van der Waals surface area contributed by atoms with Crippen LogP contribution in [-0.4, -0.2) is 45.6 Å². The molecule has 3 aliphatic rings. The topological polar surface area (TPSA) is 117 Å². The van der Waals surface area contributed by atoms with Crippen LogP contribution in [0.15, 0.2) is 24.3 Å². The van der Waals surface area contributed by atoms with Crippen LogP contribution in [-0.2, 0) is 0 Å². The monoisotopic (exact) mass is 524 g/mol. The van der Waals surface area contributed by atoms with E-state index in [4.69, 9.17) is 26.3 Å². The second-order valence-corrected chi connectivity index (χ2v) is 11.2. The number of carbonyl (C=O) groups excluding carboxylic acids is 1. The largest absolute Gasteiger partial charge is 0.490 e. The Kier molecular flexibility index (Phi) is 7.55. The minimum atomic E-state index is -0.235. The molecule has 1 aromatic carbocycles. The van der Waals surface area contributed by atoms with Gasteiger partial charge < -0.3 is 19.9 Å². The molecule has 3 aliphatic carbocycles. The molecule has 0 atom stereocenters. The summed E-state index contributed by atoms with van der Waals surface area (Å²) in [5.74, 6) is 0.910. The van der Waals surface area contributed by atoms with Crippen molar-refractivity contribution in [2.24, 2.45) is 5.41 Å². The van der Waals surface area contributed by atoms with E-state index in [9.17, 15) is 9.90 Å². The molecule has 0 unspecified atom stereocenters. The lowest BCUT2D eigenvalue weighted by Gasteiger charge is -2.50. The molecule has 1 amide bonds. The van der Waals surface area contributed by atoms with Crippen LogP contribution < -0.4 is 14.8 Å². The van der Waals surface area contributed by atoms with Gasteiger partial charge in [-0.25, -0.2) is 0 Å². The van der Waals surface area contributed by atoms with E-state index in [1.54, 1.807) is 24.3 Å². The number of aliphatic hydroxyl groups excluding tert-OH is 1. The van der Waals surface area contributed by atoms with Gasteiger partial charge in [0.25, 0.3) is 5.91 Å². The maximum atomic E-state index is 12.7. The number of rotatable bonds is 6. The van der Waals surface area contributed by atoms with Gasteiger partial charge in [0.15, 0.2) is 5.69 Å². The van der Waals surface area contributed by atoms with E-state index in [0.29, 0.717) is 27.6 Å². The third-order valence-corrected chi connectivity index (χ3v) is 8.74. The minimum Gasteiger partial charge on any atom is -0.490 e. The van der Waals surface area contributed by atoms with E-state index >= 15 is 0 Å². The van der Waals surface area contributed by atoms with E-state index in [1.165, 1.54) is 0 Å². The normalized spacial score (nSPS) is 29.1. The Morgan fingerprint density at radius 3 is 2.43 bits per heavy atom. The molecule has 9 heteroatoms. The second-order valence-electron chi connectivity index (χ2n) is 10.9. The highest BCUT2D eigenvalue weighted by molar-refractivity contribution is 6.32. The van der Waals surface area contributed by atoms with Crippen molar-refractivity contribution < 1.29 is 19.4 Å². The summed E-state index contributed by atoms with van der Waals surface area (Å²) in [4.78, 5) is 12.7. The summed E-state index contributed by atoms with van der Waals surface area (Å²) in [6.45, 7) is 1.85. The molecule has 1 heterocycles. The zero-order chi connectivity index (χ0) is 26.0. The zero-order valence-electron chi connectivity index (χ0n) is 21.1. The molecule has 0 aliphatic heterocycles. The quantitative estimate of drug-likeness (QED) is 0.552. The number of aliphatic hydroxyl groups is 1. The molecule has 0 saturated heterocycles. The number of carbonyl (C=O) groups is 1. The summed E-state index contributed by atoms with van der Waals surface area (Å²) in [6.07, 6.45) is 9.13. The average Bonchev–Trinajstić information content (AvgIpc) is 2.89. The first-order chi connectivity index (χ1) is 17.8. The predicted octanol–water partition coefficient (Wildman–Crippen LogP) is 4.89. The van der Waals surface area contributed by atoms with Crippen LogP contribution in [0.3, 0.4) is 0 Å². The Morgan fingerprint density at radius 2 is 1.78 bits per heavy atom. The summed E-state index contributed by atoms with van der Waals surface area (Å²) in [5.41, 5.74) is 1.82. The van der Waals surface area contributed by atoms with Crippen molar-refractivity contribution in [2.45, 2.75) is 95.5 Å². The van der Waals surface area contributed by atoms with Gasteiger partial charge >= 0.3 is 0 Å².